The maximum absolute atomic E-state index is 11.1. The number of benzene rings is 2. The molecule has 0 amide bonds. The zero-order valence-corrected chi connectivity index (χ0v) is 10.9. The van der Waals surface area contributed by atoms with Crippen LogP contribution in [-0.4, -0.2) is 11.1 Å². The molecule has 0 radical (unpaired) electrons. The number of carboxylic acids is 1. The molecule has 0 bridgehead atoms. The third-order valence-electron chi connectivity index (χ3n) is 2.54. The molecule has 0 aliphatic rings. The van der Waals surface area contributed by atoms with Gasteiger partial charge in [0.05, 0.1) is 5.02 Å². The van der Waals surface area contributed by atoms with E-state index in [1.807, 2.05) is 13.0 Å². The molecule has 19 heavy (non-hydrogen) atoms. The Labute approximate surface area is 115 Å². The van der Waals surface area contributed by atoms with Crippen molar-refractivity contribution in [2.75, 3.05) is 5.73 Å². The van der Waals surface area contributed by atoms with E-state index < -0.39 is 5.97 Å². The average molecular weight is 278 g/mol. The van der Waals surface area contributed by atoms with Crippen molar-refractivity contribution in [1.29, 1.82) is 0 Å². The molecule has 0 aliphatic heterocycles. The number of aryl methyl sites for hydroxylation is 1. The molecule has 2 aromatic rings. The van der Waals surface area contributed by atoms with E-state index in [1.54, 1.807) is 18.2 Å². The Morgan fingerprint density at radius 1 is 1.21 bits per heavy atom. The Bertz CT molecular complexity index is 641. The predicted octanol–water partition coefficient (Wildman–Crippen LogP) is 3.72. The lowest BCUT2D eigenvalue weighted by atomic mass is 10.2. The van der Waals surface area contributed by atoms with Crippen molar-refractivity contribution in [1.82, 2.24) is 0 Å². The summed E-state index contributed by atoms with van der Waals surface area (Å²) >= 11 is 6.05. The lowest BCUT2D eigenvalue weighted by Crippen LogP contribution is -2.01. The van der Waals surface area contributed by atoms with E-state index in [9.17, 15) is 4.79 Å². The second-order valence-electron chi connectivity index (χ2n) is 4.10. The standard InChI is InChI=1S/C14H12ClNO3/c1-8-2-4-13(11(15)6-8)19-12-5-3-9(16)7-10(12)14(17)18/h2-7H,16H2,1H3,(H,17,18). The number of hydrogen-bond acceptors (Lipinski definition) is 3. The van der Waals surface area contributed by atoms with E-state index in [0.717, 1.165) is 5.56 Å². The molecule has 0 atom stereocenters. The van der Waals surface area contributed by atoms with Crippen LogP contribution in [0.4, 0.5) is 5.69 Å². The van der Waals surface area contributed by atoms with Gasteiger partial charge in [0.2, 0.25) is 0 Å². The third-order valence-corrected chi connectivity index (χ3v) is 2.84. The fourth-order valence-electron chi connectivity index (χ4n) is 1.61. The Kier molecular flexibility index (Phi) is 3.62. The van der Waals surface area contributed by atoms with E-state index in [4.69, 9.17) is 27.2 Å². The number of anilines is 1. The Hall–Kier alpha value is -2.20. The Morgan fingerprint density at radius 3 is 2.53 bits per heavy atom. The van der Waals surface area contributed by atoms with Crippen molar-refractivity contribution in [2.45, 2.75) is 6.92 Å². The highest BCUT2D eigenvalue weighted by Gasteiger charge is 2.13. The second-order valence-corrected chi connectivity index (χ2v) is 4.50. The first-order chi connectivity index (χ1) is 8.97. The van der Waals surface area contributed by atoms with Crippen LogP contribution in [0.1, 0.15) is 15.9 Å². The van der Waals surface area contributed by atoms with E-state index in [0.29, 0.717) is 16.5 Å². The number of halogens is 1. The quantitative estimate of drug-likeness (QED) is 0.839. The van der Waals surface area contributed by atoms with Crippen molar-refractivity contribution < 1.29 is 14.6 Å². The van der Waals surface area contributed by atoms with Crippen LogP contribution in [0.25, 0.3) is 0 Å². The number of ether oxygens (including phenoxy) is 1. The van der Waals surface area contributed by atoms with E-state index in [-0.39, 0.29) is 11.3 Å². The summed E-state index contributed by atoms with van der Waals surface area (Å²) in [6, 6.07) is 9.70. The van der Waals surface area contributed by atoms with E-state index >= 15 is 0 Å². The number of aromatic carboxylic acids is 1. The number of rotatable bonds is 3. The van der Waals surface area contributed by atoms with Gasteiger partial charge >= 0.3 is 5.97 Å². The molecule has 98 valence electrons. The summed E-state index contributed by atoms with van der Waals surface area (Å²) in [5, 5.41) is 9.54. The van der Waals surface area contributed by atoms with Crippen LogP contribution in [-0.2, 0) is 0 Å². The van der Waals surface area contributed by atoms with Gasteiger partial charge < -0.3 is 15.6 Å². The third kappa shape index (κ3) is 2.98. The maximum atomic E-state index is 11.1. The van der Waals surface area contributed by atoms with Gasteiger partial charge in [-0.2, -0.15) is 0 Å². The van der Waals surface area contributed by atoms with Crippen LogP contribution in [0.15, 0.2) is 36.4 Å². The van der Waals surface area contributed by atoms with Gasteiger partial charge in [-0.1, -0.05) is 17.7 Å². The molecule has 3 N–H and O–H groups in total. The molecule has 0 saturated heterocycles. The van der Waals surface area contributed by atoms with Crippen LogP contribution in [0.5, 0.6) is 11.5 Å². The normalized spacial score (nSPS) is 10.2. The summed E-state index contributed by atoms with van der Waals surface area (Å²) in [5.74, 6) is -0.502. The molecule has 0 heterocycles. The first kappa shape index (κ1) is 13.2. The van der Waals surface area contributed by atoms with Crippen molar-refractivity contribution in [2.24, 2.45) is 0 Å². The molecule has 4 nitrogen and oxygen atoms in total. The first-order valence-corrected chi connectivity index (χ1v) is 5.92. The molecule has 2 rings (SSSR count). The Balaban J connectivity index is 2.40. The van der Waals surface area contributed by atoms with Crippen LogP contribution < -0.4 is 10.5 Å². The van der Waals surface area contributed by atoms with Gasteiger partial charge in [0.1, 0.15) is 17.1 Å². The number of nitrogens with two attached hydrogens (primary N) is 1. The van der Waals surface area contributed by atoms with Crippen LogP contribution >= 0.6 is 11.6 Å². The van der Waals surface area contributed by atoms with E-state index in [2.05, 4.69) is 0 Å². The minimum absolute atomic E-state index is 0.00311. The molecule has 0 spiro atoms. The van der Waals surface area contributed by atoms with Crippen molar-refractivity contribution >= 4 is 23.3 Å². The zero-order valence-electron chi connectivity index (χ0n) is 10.2. The SMILES string of the molecule is Cc1ccc(Oc2ccc(N)cc2C(=O)O)c(Cl)c1. The molecule has 0 saturated carbocycles. The average Bonchev–Trinajstić information content (AvgIpc) is 2.34. The van der Waals surface area contributed by atoms with Crippen LogP contribution in [0.2, 0.25) is 5.02 Å². The number of hydrogen-bond donors (Lipinski definition) is 2. The summed E-state index contributed by atoms with van der Waals surface area (Å²) in [7, 11) is 0. The number of nitrogen functional groups attached to an aromatic ring is 1. The van der Waals surface area contributed by atoms with Crippen molar-refractivity contribution in [3.63, 3.8) is 0 Å². The summed E-state index contributed by atoms with van der Waals surface area (Å²) in [4.78, 5) is 11.1. The fraction of sp³-hybridized carbons (Fsp3) is 0.0714. The molecule has 5 heteroatoms. The maximum Gasteiger partial charge on any atom is 0.339 e. The van der Waals surface area contributed by atoms with Crippen molar-refractivity contribution in [3.05, 3.63) is 52.5 Å². The fourth-order valence-corrected chi connectivity index (χ4v) is 1.88. The smallest absolute Gasteiger partial charge is 0.339 e. The highest BCUT2D eigenvalue weighted by Crippen LogP contribution is 2.32. The summed E-state index contributed by atoms with van der Waals surface area (Å²) in [5.41, 5.74) is 6.91. The van der Waals surface area contributed by atoms with Gasteiger partial charge in [0.25, 0.3) is 0 Å². The van der Waals surface area contributed by atoms with Crippen molar-refractivity contribution in [3.8, 4) is 11.5 Å². The van der Waals surface area contributed by atoms with Gasteiger partial charge in [0.15, 0.2) is 0 Å². The predicted molar refractivity (Wildman–Crippen MR) is 74.1 cm³/mol. The first-order valence-electron chi connectivity index (χ1n) is 5.54. The highest BCUT2D eigenvalue weighted by atomic mass is 35.5. The highest BCUT2D eigenvalue weighted by molar-refractivity contribution is 6.32. The molecule has 2 aromatic carbocycles. The molecule has 0 aliphatic carbocycles. The van der Waals surface area contributed by atoms with Gasteiger partial charge in [0, 0.05) is 5.69 Å². The number of carboxylic acid groups (broad SMARTS) is 1. The summed E-state index contributed by atoms with van der Waals surface area (Å²) in [6.07, 6.45) is 0. The molecular formula is C14H12ClNO3. The van der Waals surface area contributed by atoms with Crippen LogP contribution in [0, 0.1) is 6.92 Å². The molecule has 0 aromatic heterocycles. The molecule has 0 unspecified atom stereocenters. The van der Waals surface area contributed by atoms with E-state index in [1.165, 1.54) is 12.1 Å². The monoisotopic (exact) mass is 277 g/mol. The Morgan fingerprint density at radius 2 is 1.89 bits per heavy atom. The minimum atomic E-state index is -1.11. The van der Waals surface area contributed by atoms with Gasteiger partial charge in [-0.05, 0) is 42.8 Å². The lowest BCUT2D eigenvalue weighted by molar-refractivity contribution is 0.0694. The van der Waals surface area contributed by atoms with Gasteiger partial charge in [-0.15, -0.1) is 0 Å². The summed E-state index contributed by atoms with van der Waals surface area (Å²) in [6.45, 7) is 1.90. The van der Waals surface area contributed by atoms with Gasteiger partial charge in [-0.3, -0.25) is 0 Å². The lowest BCUT2D eigenvalue weighted by Gasteiger charge is -2.11. The minimum Gasteiger partial charge on any atom is -0.478 e. The largest absolute Gasteiger partial charge is 0.478 e. The topological polar surface area (TPSA) is 72.5 Å². The van der Waals surface area contributed by atoms with Crippen LogP contribution in [0.3, 0.4) is 0 Å². The summed E-state index contributed by atoms with van der Waals surface area (Å²) < 4.78 is 5.54. The molecular weight excluding hydrogens is 266 g/mol. The van der Waals surface area contributed by atoms with Gasteiger partial charge in [-0.25, -0.2) is 4.79 Å². The zero-order chi connectivity index (χ0) is 14.0. The number of carbonyl (C=O) groups is 1. The molecule has 0 fully saturated rings. The second kappa shape index (κ2) is 5.20.